The highest BCUT2D eigenvalue weighted by molar-refractivity contribution is 7.07. The number of amides is 1. The van der Waals surface area contributed by atoms with Crippen molar-refractivity contribution in [3.05, 3.63) is 52.7 Å². The molecule has 1 aliphatic carbocycles. The first-order chi connectivity index (χ1) is 10.2. The largest absolute Gasteiger partial charge is 0.328 e. The molecule has 1 saturated carbocycles. The average molecular weight is 300 g/mol. The maximum absolute atomic E-state index is 12.9. The van der Waals surface area contributed by atoms with E-state index < -0.39 is 0 Å². The Labute approximate surface area is 129 Å². The number of thiophene rings is 1. The lowest BCUT2D eigenvalue weighted by Crippen LogP contribution is -2.35. The van der Waals surface area contributed by atoms with Gasteiger partial charge in [-0.15, -0.1) is 0 Å². The van der Waals surface area contributed by atoms with Crippen LogP contribution in [0.4, 0.5) is 5.69 Å². The molecule has 3 nitrogen and oxygen atoms in total. The molecule has 2 N–H and O–H groups in total. The van der Waals surface area contributed by atoms with E-state index in [1.165, 1.54) is 5.56 Å². The van der Waals surface area contributed by atoms with Gasteiger partial charge in [-0.3, -0.25) is 4.79 Å². The van der Waals surface area contributed by atoms with Gasteiger partial charge in [0.25, 0.3) is 0 Å². The van der Waals surface area contributed by atoms with E-state index in [1.54, 1.807) is 11.3 Å². The Balaban J connectivity index is 1.83. The smallest absolute Gasteiger partial charge is 0.230 e. The summed E-state index contributed by atoms with van der Waals surface area (Å²) in [5.74, 6) is 0.277. The molecule has 0 spiro atoms. The molecule has 0 bridgehead atoms. The van der Waals surface area contributed by atoms with E-state index in [1.807, 2.05) is 35.2 Å². The molecule has 1 fully saturated rings. The number of nitrogens with zero attached hydrogens (tertiary/aromatic N) is 1. The van der Waals surface area contributed by atoms with Crippen LogP contribution in [0.1, 0.15) is 24.8 Å². The number of carbonyl (C=O) groups excluding carboxylic acids is 1. The Morgan fingerprint density at radius 3 is 2.67 bits per heavy atom. The first-order valence-corrected chi connectivity index (χ1v) is 8.31. The average Bonchev–Trinajstić information content (AvgIpc) is 3.16. The van der Waals surface area contributed by atoms with E-state index in [0.29, 0.717) is 6.54 Å². The van der Waals surface area contributed by atoms with Crippen molar-refractivity contribution in [3.63, 3.8) is 0 Å². The van der Waals surface area contributed by atoms with Crippen molar-refractivity contribution in [1.29, 1.82) is 0 Å². The second-order valence-electron chi connectivity index (χ2n) is 5.66. The molecule has 0 unspecified atom stereocenters. The van der Waals surface area contributed by atoms with Gasteiger partial charge in [0.2, 0.25) is 5.91 Å². The summed E-state index contributed by atoms with van der Waals surface area (Å²) < 4.78 is 0. The number of carbonyl (C=O) groups is 1. The molecule has 110 valence electrons. The Morgan fingerprint density at radius 1 is 1.24 bits per heavy atom. The molecular weight excluding hydrogens is 280 g/mol. The van der Waals surface area contributed by atoms with Gasteiger partial charge in [0, 0.05) is 17.6 Å². The van der Waals surface area contributed by atoms with Crippen LogP contribution in [-0.4, -0.2) is 11.9 Å². The molecule has 1 aromatic carbocycles. The molecule has 3 rings (SSSR count). The molecular formula is C17H20N2OS. The number of para-hydroxylation sites is 1. The van der Waals surface area contributed by atoms with Crippen LogP contribution in [0.15, 0.2) is 47.2 Å². The van der Waals surface area contributed by atoms with E-state index >= 15 is 0 Å². The SMILES string of the molecule is N[C@H]1CC[C@H](C(=O)N(Cc2ccsc2)c2ccccc2)C1. The van der Waals surface area contributed by atoms with E-state index in [9.17, 15) is 4.79 Å². The Bertz CT molecular complexity index is 582. The van der Waals surface area contributed by atoms with Crippen molar-refractivity contribution in [1.82, 2.24) is 0 Å². The number of anilines is 1. The van der Waals surface area contributed by atoms with Crippen molar-refractivity contribution in [2.45, 2.75) is 31.8 Å². The fourth-order valence-corrected chi connectivity index (χ4v) is 3.59. The van der Waals surface area contributed by atoms with E-state index in [-0.39, 0.29) is 17.9 Å². The molecule has 21 heavy (non-hydrogen) atoms. The van der Waals surface area contributed by atoms with Crippen LogP contribution < -0.4 is 10.6 Å². The lowest BCUT2D eigenvalue weighted by molar-refractivity contribution is -0.122. The minimum atomic E-state index is 0.0684. The van der Waals surface area contributed by atoms with E-state index in [0.717, 1.165) is 24.9 Å². The Hall–Kier alpha value is -1.65. The third-order valence-corrected chi connectivity index (χ3v) is 4.81. The summed E-state index contributed by atoms with van der Waals surface area (Å²) >= 11 is 1.66. The molecule has 0 aliphatic heterocycles. The molecule has 2 aromatic rings. The molecule has 2 atom stereocenters. The number of nitrogens with two attached hydrogens (primary N) is 1. The van der Waals surface area contributed by atoms with E-state index in [4.69, 9.17) is 5.73 Å². The summed E-state index contributed by atoms with van der Waals surface area (Å²) in [6, 6.07) is 12.2. The molecule has 1 aliphatic rings. The van der Waals surface area contributed by atoms with Crippen LogP contribution in [0.5, 0.6) is 0 Å². The summed E-state index contributed by atoms with van der Waals surface area (Å²) in [6.45, 7) is 0.637. The van der Waals surface area contributed by atoms with Crippen LogP contribution in [0.2, 0.25) is 0 Å². The van der Waals surface area contributed by atoms with Gasteiger partial charge in [0.1, 0.15) is 0 Å². The zero-order valence-corrected chi connectivity index (χ0v) is 12.8. The van der Waals surface area contributed by atoms with Crippen LogP contribution in [0.25, 0.3) is 0 Å². The van der Waals surface area contributed by atoms with Gasteiger partial charge in [0.05, 0.1) is 6.54 Å². The van der Waals surface area contributed by atoms with Crippen molar-refractivity contribution in [3.8, 4) is 0 Å². The van der Waals surface area contributed by atoms with Crippen molar-refractivity contribution < 1.29 is 4.79 Å². The predicted octanol–water partition coefficient (Wildman–Crippen LogP) is 3.41. The van der Waals surface area contributed by atoms with Gasteiger partial charge in [0.15, 0.2) is 0 Å². The second-order valence-corrected chi connectivity index (χ2v) is 6.44. The maximum Gasteiger partial charge on any atom is 0.230 e. The fourth-order valence-electron chi connectivity index (χ4n) is 2.93. The van der Waals surface area contributed by atoms with Crippen molar-refractivity contribution >= 4 is 22.9 Å². The summed E-state index contributed by atoms with van der Waals surface area (Å²) in [5, 5.41) is 4.15. The molecule has 0 radical (unpaired) electrons. The zero-order chi connectivity index (χ0) is 14.7. The van der Waals surface area contributed by atoms with Crippen LogP contribution in [0.3, 0.4) is 0 Å². The maximum atomic E-state index is 12.9. The number of rotatable bonds is 4. The minimum Gasteiger partial charge on any atom is -0.328 e. The van der Waals surface area contributed by atoms with Crippen LogP contribution in [0, 0.1) is 5.92 Å². The minimum absolute atomic E-state index is 0.0684. The van der Waals surface area contributed by atoms with Crippen LogP contribution in [-0.2, 0) is 11.3 Å². The van der Waals surface area contributed by atoms with Gasteiger partial charge < -0.3 is 10.6 Å². The van der Waals surface area contributed by atoms with Gasteiger partial charge in [-0.25, -0.2) is 0 Å². The first kappa shape index (κ1) is 14.3. The monoisotopic (exact) mass is 300 g/mol. The summed E-state index contributed by atoms with van der Waals surface area (Å²) in [7, 11) is 0. The van der Waals surface area contributed by atoms with Crippen molar-refractivity contribution in [2.75, 3.05) is 4.90 Å². The molecule has 1 amide bonds. The summed E-state index contributed by atoms with van der Waals surface area (Å²) in [6.07, 6.45) is 2.68. The normalized spacial score (nSPS) is 21.4. The molecule has 4 heteroatoms. The van der Waals surface area contributed by atoms with Crippen LogP contribution >= 0.6 is 11.3 Å². The third kappa shape index (κ3) is 3.34. The highest BCUT2D eigenvalue weighted by Gasteiger charge is 2.31. The topological polar surface area (TPSA) is 46.3 Å². The van der Waals surface area contributed by atoms with Gasteiger partial charge in [-0.1, -0.05) is 18.2 Å². The van der Waals surface area contributed by atoms with Gasteiger partial charge in [-0.2, -0.15) is 11.3 Å². The molecule has 1 aromatic heterocycles. The Kier molecular flexibility index (Phi) is 4.36. The lowest BCUT2D eigenvalue weighted by Gasteiger charge is -2.25. The lowest BCUT2D eigenvalue weighted by atomic mass is 10.1. The molecule has 0 saturated heterocycles. The predicted molar refractivity (Wildman–Crippen MR) is 87.3 cm³/mol. The van der Waals surface area contributed by atoms with Gasteiger partial charge in [-0.05, 0) is 53.8 Å². The summed E-state index contributed by atoms with van der Waals surface area (Å²) in [4.78, 5) is 14.8. The van der Waals surface area contributed by atoms with Crippen molar-refractivity contribution in [2.24, 2.45) is 11.7 Å². The number of hydrogen-bond donors (Lipinski definition) is 1. The quantitative estimate of drug-likeness (QED) is 0.940. The highest BCUT2D eigenvalue weighted by atomic mass is 32.1. The summed E-state index contributed by atoms with van der Waals surface area (Å²) in [5.41, 5.74) is 8.12. The molecule has 1 heterocycles. The van der Waals surface area contributed by atoms with Gasteiger partial charge >= 0.3 is 0 Å². The zero-order valence-electron chi connectivity index (χ0n) is 11.9. The fraction of sp³-hybridized carbons (Fsp3) is 0.353. The Morgan fingerprint density at radius 2 is 2.05 bits per heavy atom. The third-order valence-electron chi connectivity index (χ3n) is 4.08. The highest BCUT2D eigenvalue weighted by Crippen LogP contribution is 2.29. The standard InChI is InChI=1S/C17H20N2OS/c18-15-7-6-14(10-15)17(20)19(11-13-8-9-21-12-13)16-4-2-1-3-5-16/h1-5,8-9,12,14-15H,6-7,10-11,18H2/t14-,15-/m0/s1. The number of benzene rings is 1. The number of hydrogen-bond acceptors (Lipinski definition) is 3. The second kappa shape index (κ2) is 6.41. The van der Waals surface area contributed by atoms with E-state index in [2.05, 4.69) is 16.8 Å². The first-order valence-electron chi connectivity index (χ1n) is 7.37.